The molecule has 21 heavy (non-hydrogen) atoms. The van der Waals surface area contributed by atoms with Crippen LogP contribution in [-0.4, -0.2) is 25.4 Å². The van der Waals surface area contributed by atoms with Crippen LogP contribution < -0.4 is 10.0 Å². The smallest absolute Gasteiger partial charge is 0.275 e. The summed E-state index contributed by atoms with van der Waals surface area (Å²) in [5.74, 6) is 0. The summed E-state index contributed by atoms with van der Waals surface area (Å²) in [6, 6.07) is 5.23. The normalized spacial score (nSPS) is 11.3. The molecule has 1 aromatic carbocycles. The van der Waals surface area contributed by atoms with E-state index in [9.17, 15) is 18.5 Å². The molecule has 2 aromatic rings. The van der Waals surface area contributed by atoms with Crippen LogP contribution in [0.15, 0.2) is 28.5 Å². The van der Waals surface area contributed by atoms with Crippen LogP contribution in [-0.2, 0) is 10.0 Å². The zero-order valence-electron chi connectivity index (χ0n) is 11.2. The summed E-state index contributed by atoms with van der Waals surface area (Å²) in [5, 5.41) is 10.8. The lowest BCUT2D eigenvalue weighted by Gasteiger charge is -2.18. The van der Waals surface area contributed by atoms with Crippen molar-refractivity contribution >= 4 is 37.9 Å². The lowest BCUT2D eigenvalue weighted by Crippen LogP contribution is -2.26. The number of sulfonamides is 1. The quantitative estimate of drug-likeness (QED) is 0.674. The Labute approximate surface area is 125 Å². The number of rotatable bonds is 4. The van der Waals surface area contributed by atoms with Gasteiger partial charge in [0.05, 0.1) is 16.3 Å². The number of nitrogen functional groups attached to an aromatic ring is 1. The number of thiazole rings is 1. The molecule has 0 bridgehead atoms. The molecule has 0 aliphatic carbocycles. The Balaban J connectivity index is 2.40. The molecule has 0 saturated carbocycles. The molecule has 0 aliphatic rings. The Kier molecular flexibility index (Phi) is 3.83. The summed E-state index contributed by atoms with van der Waals surface area (Å²) in [5.41, 5.74) is 6.05. The summed E-state index contributed by atoms with van der Waals surface area (Å²) in [6.45, 7) is 1.56. The summed E-state index contributed by atoms with van der Waals surface area (Å²) in [4.78, 5) is 13.9. The average Bonchev–Trinajstić information content (AvgIpc) is 2.77. The first-order valence-electron chi connectivity index (χ1n) is 5.70. The molecule has 0 fully saturated rings. The minimum absolute atomic E-state index is 0.0563. The molecular formula is C11H12N4O4S2. The molecule has 2 N–H and O–H groups in total. The van der Waals surface area contributed by atoms with E-state index in [0.29, 0.717) is 11.4 Å². The number of hydrogen-bond donors (Lipinski definition) is 1. The van der Waals surface area contributed by atoms with E-state index in [1.54, 1.807) is 6.92 Å². The third kappa shape index (κ3) is 2.81. The molecule has 2 rings (SSSR count). The van der Waals surface area contributed by atoms with Crippen molar-refractivity contribution in [1.29, 1.82) is 0 Å². The zero-order chi connectivity index (χ0) is 15.8. The topological polar surface area (TPSA) is 119 Å². The number of benzene rings is 1. The highest BCUT2D eigenvalue weighted by molar-refractivity contribution is 7.94. The van der Waals surface area contributed by atoms with Crippen molar-refractivity contribution < 1.29 is 13.3 Å². The first kappa shape index (κ1) is 15.2. The lowest BCUT2D eigenvalue weighted by atomic mass is 10.3. The van der Waals surface area contributed by atoms with Crippen LogP contribution in [0.1, 0.15) is 5.69 Å². The van der Waals surface area contributed by atoms with Crippen LogP contribution in [0.3, 0.4) is 0 Å². The monoisotopic (exact) mass is 328 g/mol. The second kappa shape index (κ2) is 5.30. The van der Waals surface area contributed by atoms with Gasteiger partial charge in [-0.3, -0.25) is 14.4 Å². The number of nitrogens with zero attached hydrogens (tertiary/aromatic N) is 3. The highest BCUT2D eigenvalue weighted by atomic mass is 32.2. The molecule has 1 aromatic heterocycles. The molecule has 0 spiro atoms. The maximum Gasteiger partial charge on any atom is 0.275 e. The Hall–Kier alpha value is -2.20. The van der Waals surface area contributed by atoms with Gasteiger partial charge in [-0.2, -0.15) is 0 Å². The molecule has 1 heterocycles. The molecule has 0 atom stereocenters. The zero-order valence-corrected chi connectivity index (χ0v) is 12.8. The molecule has 112 valence electrons. The molecule has 0 unspecified atom stereocenters. The summed E-state index contributed by atoms with van der Waals surface area (Å²) >= 11 is 0.881. The molecule has 0 saturated heterocycles. The summed E-state index contributed by atoms with van der Waals surface area (Å²) in [6.07, 6.45) is 0. The molecule has 0 aliphatic heterocycles. The van der Waals surface area contributed by atoms with Crippen LogP contribution >= 0.6 is 11.3 Å². The Morgan fingerprint density at radius 1 is 1.33 bits per heavy atom. The fourth-order valence-electron chi connectivity index (χ4n) is 1.69. The third-order valence-electron chi connectivity index (χ3n) is 2.79. The molecule has 0 radical (unpaired) electrons. The first-order chi connectivity index (χ1) is 9.73. The average molecular weight is 328 g/mol. The van der Waals surface area contributed by atoms with E-state index in [2.05, 4.69) is 4.98 Å². The van der Waals surface area contributed by atoms with Crippen LogP contribution in [0.25, 0.3) is 0 Å². The number of non-ortho nitro benzene ring substituents is 1. The van der Waals surface area contributed by atoms with Gasteiger partial charge < -0.3 is 5.73 Å². The number of nitro groups is 1. The number of aryl methyl sites for hydroxylation is 1. The molecular weight excluding hydrogens is 316 g/mol. The SMILES string of the molecule is Cc1nc(N)sc1S(=O)(=O)N(C)c1ccc([N+](=O)[O-])cc1. The fraction of sp³-hybridized carbons (Fsp3) is 0.182. The Morgan fingerprint density at radius 2 is 1.90 bits per heavy atom. The van der Waals surface area contributed by atoms with Crippen LogP contribution in [0.5, 0.6) is 0 Å². The van der Waals surface area contributed by atoms with Gasteiger partial charge in [0.15, 0.2) is 9.34 Å². The van der Waals surface area contributed by atoms with Crippen molar-refractivity contribution in [2.24, 2.45) is 0 Å². The van der Waals surface area contributed by atoms with Crippen molar-refractivity contribution in [3.8, 4) is 0 Å². The van der Waals surface area contributed by atoms with E-state index in [1.165, 1.54) is 31.3 Å². The van der Waals surface area contributed by atoms with Crippen LogP contribution in [0.2, 0.25) is 0 Å². The van der Waals surface area contributed by atoms with Gasteiger partial charge in [-0.25, -0.2) is 13.4 Å². The van der Waals surface area contributed by atoms with Gasteiger partial charge in [0.1, 0.15) is 0 Å². The van der Waals surface area contributed by atoms with E-state index < -0.39 is 14.9 Å². The van der Waals surface area contributed by atoms with E-state index in [4.69, 9.17) is 5.73 Å². The van der Waals surface area contributed by atoms with E-state index >= 15 is 0 Å². The van der Waals surface area contributed by atoms with Crippen molar-refractivity contribution in [2.75, 3.05) is 17.1 Å². The van der Waals surface area contributed by atoms with Crippen molar-refractivity contribution in [2.45, 2.75) is 11.1 Å². The molecule has 10 heteroatoms. The van der Waals surface area contributed by atoms with Gasteiger partial charge in [0.25, 0.3) is 15.7 Å². The third-order valence-corrected chi connectivity index (χ3v) is 6.15. The standard InChI is InChI=1S/C11H12N4O4S2/c1-7-10(20-11(12)13-7)21(18,19)14(2)8-3-5-9(6-4-8)15(16)17/h3-6H,1-2H3,(H2,12,13). The van der Waals surface area contributed by atoms with E-state index in [-0.39, 0.29) is 15.0 Å². The van der Waals surface area contributed by atoms with Gasteiger partial charge in [-0.15, -0.1) is 0 Å². The molecule has 8 nitrogen and oxygen atoms in total. The van der Waals surface area contributed by atoms with Gasteiger partial charge in [0, 0.05) is 19.2 Å². The number of anilines is 2. The minimum atomic E-state index is -3.80. The van der Waals surface area contributed by atoms with Crippen molar-refractivity contribution in [1.82, 2.24) is 4.98 Å². The Morgan fingerprint density at radius 3 is 2.33 bits per heavy atom. The van der Waals surface area contributed by atoms with E-state index in [1.807, 2.05) is 0 Å². The second-order valence-electron chi connectivity index (χ2n) is 4.17. The number of nitro benzene ring substituents is 1. The second-order valence-corrected chi connectivity index (χ2v) is 7.37. The predicted octanol–water partition coefficient (Wildman–Crippen LogP) is 1.77. The van der Waals surface area contributed by atoms with E-state index in [0.717, 1.165) is 15.6 Å². The maximum absolute atomic E-state index is 12.5. The van der Waals surface area contributed by atoms with Gasteiger partial charge in [0.2, 0.25) is 0 Å². The maximum atomic E-state index is 12.5. The summed E-state index contributed by atoms with van der Waals surface area (Å²) in [7, 11) is -2.43. The fourth-order valence-corrected chi connectivity index (χ4v) is 4.33. The lowest BCUT2D eigenvalue weighted by molar-refractivity contribution is -0.384. The van der Waals surface area contributed by atoms with Gasteiger partial charge in [-0.1, -0.05) is 11.3 Å². The number of hydrogen-bond acceptors (Lipinski definition) is 7. The van der Waals surface area contributed by atoms with Crippen molar-refractivity contribution in [3.63, 3.8) is 0 Å². The van der Waals surface area contributed by atoms with Gasteiger partial charge >= 0.3 is 0 Å². The highest BCUT2D eigenvalue weighted by Crippen LogP contribution is 2.30. The summed E-state index contributed by atoms with van der Waals surface area (Å²) < 4.78 is 26.1. The van der Waals surface area contributed by atoms with Crippen molar-refractivity contribution in [3.05, 3.63) is 40.1 Å². The number of nitrogens with two attached hydrogens (primary N) is 1. The minimum Gasteiger partial charge on any atom is -0.375 e. The predicted molar refractivity (Wildman–Crippen MR) is 79.9 cm³/mol. The van der Waals surface area contributed by atoms with Gasteiger partial charge in [-0.05, 0) is 19.1 Å². The van der Waals surface area contributed by atoms with Crippen LogP contribution in [0.4, 0.5) is 16.5 Å². The largest absolute Gasteiger partial charge is 0.375 e. The first-order valence-corrected chi connectivity index (χ1v) is 7.95. The number of aromatic nitrogens is 1. The molecule has 0 amide bonds. The highest BCUT2D eigenvalue weighted by Gasteiger charge is 2.26. The van der Waals surface area contributed by atoms with Crippen LogP contribution in [0, 0.1) is 17.0 Å². The Bertz CT molecular complexity index is 783.